The quantitative estimate of drug-likeness (QED) is 0.470. The summed E-state index contributed by atoms with van der Waals surface area (Å²) in [6.07, 6.45) is 0.713. The first-order valence-corrected chi connectivity index (χ1v) is 13.2. The maximum Gasteiger partial charge on any atom is 0.243 e. The molecule has 0 spiro atoms. The van der Waals surface area contributed by atoms with Gasteiger partial charge in [0.05, 0.1) is 11.4 Å². The predicted molar refractivity (Wildman–Crippen MR) is 136 cm³/mol. The van der Waals surface area contributed by atoms with E-state index in [1.165, 1.54) is 36.2 Å². The largest absolute Gasteiger partial charge is 0.352 e. The van der Waals surface area contributed by atoms with Crippen LogP contribution >= 0.6 is 34.8 Å². The number of amides is 2. The van der Waals surface area contributed by atoms with Crippen LogP contribution < -0.4 is 5.32 Å². The third kappa shape index (κ3) is 7.09. The lowest BCUT2D eigenvalue weighted by Crippen LogP contribution is -2.52. The Labute approximate surface area is 216 Å². The lowest BCUT2D eigenvalue weighted by Gasteiger charge is -2.31. The molecule has 7 nitrogen and oxygen atoms in total. The number of rotatable bonds is 10. The second kappa shape index (κ2) is 12.2. The molecule has 0 unspecified atom stereocenters. The Hall–Kier alpha value is -1.84. The highest BCUT2D eigenvalue weighted by Crippen LogP contribution is 2.27. The first kappa shape index (κ1) is 28.4. The molecule has 0 aliphatic heterocycles. The standard InChI is InChI=1S/C23H28Cl3N3O4S/c1-5-15(2)27-23(31)16(3)29(13-19-20(25)7-6-8-21(19)26)22(30)14-28(4)34(32,33)18-11-9-17(24)10-12-18/h6-12,15-16H,5,13-14H2,1-4H3,(H,27,31)/t15-,16+/m1/s1. The number of hydrogen-bond donors (Lipinski definition) is 1. The molecule has 11 heteroatoms. The van der Waals surface area contributed by atoms with Gasteiger partial charge in [0, 0.05) is 40.3 Å². The molecule has 0 bridgehead atoms. The molecule has 0 aliphatic carbocycles. The molecule has 2 atom stereocenters. The molecule has 1 N–H and O–H groups in total. The third-order valence-electron chi connectivity index (χ3n) is 5.44. The number of likely N-dealkylation sites (N-methyl/N-ethyl adjacent to an activating group) is 1. The zero-order valence-electron chi connectivity index (χ0n) is 19.4. The Kier molecular flexibility index (Phi) is 10.2. The number of halogens is 3. The van der Waals surface area contributed by atoms with Crippen LogP contribution in [0.15, 0.2) is 47.4 Å². The Morgan fingerprint density at radius 2 is 1.56 bits per heavy atom. The van der Waals surface area contributed by atoms with Crippen LogP contribution in [-0.4, -0.2) is 55.1 Å². The minimum atomic E-state index is -3.97. The van der Waals surface area contributed by atoms with Crippen molar-refractivity contribution in [3.63, 3.8) is 0 Å². The van der Waals surface area contributed by atoms with Gasteiger partial charge in [0.2, 0.25) is 21.8 Å². The third-order valence-corrected chi connectivity index (χ3v) is 8.22. The van der Waals surface area contributed by atoms with Gasteiger partial charge in [0.15, 0.2) is 0 Å². The number of hydrogen-bond acceptors (Lipinski definition) is 4. The molecule has 0 heterocycles. The van der Waals surface area contributed by atoms with Crippen molar-refractivity contribution in [2.24, 2.45) is 0 Å². The summed E-state index contributed by atoms with van der Waals surface area (Å²) in [5.41, 5.74) is 0.464. The molecule has 0 fully saturated rings. The van der Waals surface area contributed by atoms with E-state index in [1.54, 1.807) is 25.1 Å². The monoisotopic (exact) mass is 547 g/mol. The molecule has 0 aliphatic rings. The highest BCUT2D eigenvalue weighted by Gasteiger charge is 2.31. The summed E-state index contributed by atoms with van der Waals surface area (Å²) in [5, 5.41) is 3.91. The smallest absolute Gasteiger partial charge is 0.243 e. The van der Waals surface area contributed by atoms with Crippen LogP contribution in [0.3, 0.4) is 0 Å². The van der Waals surface area contributed by atoms with Crippen LogP contribution in [0, 0.1) is 0 Å². The molecule has 186 valence electrons. The van der Waals surface area contributed by atoms with Crippen LogP contribution in [0.5, 0.6) is 0 Å². The Balaban J connectivity index is 2.34. The van der Waals surface area contributed by atoms with Gasteiger partial charge < -0.3 is 10.2 Å². The molecule has 0 saturated heterocycles. The van der Waals surface area contributed by atoms with Crippen LogP contribution in [-0.2, 0) is 26.2 Å². The molecule has 2 aromatic carbocycles. The van der Waals surface area contributed by atoms with Crippen molar-refractivity contribution in [1.29, 1.82) is 0 Å². The van der Waals surface area contributed by atoms with E-state index in [0.29, 0.717) is 27.1 Å². The van der Waals surface area contributed by atoms with E-state index >= 15 is 0 Å². The number of sulfonamides is 1. The molecule has 0 radical (unpaired) electrons. The van der Waals surface area contributed by atoms with Gasteiger partial charge in [-0.3, -0.25) is 9.59 Å². The van der Waals surface area contributed by atoms with Crippen molar-refractivity contribution >= 4 is 56.6 Å². The van der Waals surface area contributed by atoms with E-state index in [-0.39, 0.29) is 23.4 Å². The van der Waals surface area contributed by atoms with E-state index < -0.39 is 28.5 Å². The number of nitrogens with zero attached hydrogens (tertiary/aromatic N) is 2. The summed E-state index contributed by atoms with van der Waals surface area (Å²) in [5.74, 6) is -0.947. The summed E-state index contributed by atoms with van der Waals surface area (Å²) >= 11 is 18.5. The van der Waals surface area contributed by atoms with E-state index in [1.807, 2.05) is 13.8 Å². The van der Waals surface area contributed by atoms with Gasteiger partial charge in [-0.15, -0.1) is 0 Å². The fourth-order valence-electron chi connectivity index (χ4n) is 3.05. The number of carbonyl (C=O) groups is 2. The second-order valence-electron chi connectivity index (χ2n) is 7.93. The summed E-state index contributed by atoms with van der Waals surface area (Å²) in [6, 6.07) is 9.58. The van der Waals surface area contributed by atoms with Crippen LogP contribution in [0.25, 0.3) is 0 Å². The zero-order chi connectivity index (χ0) is 25.6. The topological polar surface area (TPSA) is 86.8 Å². The minimum Gasteiger partial charge on any atom is -0.352 e. The van der Waals surface area contributed by atoms with Crippen molar-refractivity contribution in [2.75, 3.05) is 13.6 Å². The first-order chi connectivity index (χ1) is 15.9. The van der Waals surface area contributed by atoms with Crippen molar-refractivity contribution in [1.82, 2.24) is 14.5 Å². The van der Waals surface area contributed by atoms with Crippen molar-refractivity contribution < 1.29 is 18.0 Å². The molecule has 2 amide bonds. The molecule has 0 saturated carbocycles. The van der Waals surface area contributed by atoms with Gasteiger partial charge in [0.1, 0.15) is 6.04 Å². The highest BCUT2D eigenvalue weighted by atomic mass is 35.5. The van der Waals surface area contributed by atoms with Gasteiger partial charge >= 0.3 is 0 Å². The molecular weight excluding hydrogens is 521 g/mol. The Morgan fingerprint density at radius 3 is 2.09 bits per heavy atom. The number of benzene rings is 2. The average molecular weight is 549 g/mol. The van der Waals surface area contributed by atoms with Gasteiger partial charge in [0.25, 0.3) is 0 Å². The molecular formula is C23H28Cl3N3O4S. The summed E-state index contributed by atoms with van der Waals surface area (Å²) < 4.78 is 26.8. The minimum absolute atomic E-state index is 0.00420. The van der Waals surface area contributed by atoms with E-state index in [2.05, 4.69) is 5.32 Å². The summed E-state index contributed by atoms with van der Waals surface area (Å²) in [7, 11) is -2.67. The molecule has 2 rings (SSSR count). The fourth-order valence-corrected chi connectivity index (χ4v) is 4.82. The first-order valence-electron chi connectivity index (χ1n) is 10.6. The Bertz CT molecular complexity index is 1110. The molecule has 2 aromatic rings. The summed E-state index contributed by atoms with van der Waals surface area (Å²) in [4.78, 5) is 27.5. The van der Waals surface area contributed by atoms with Crippen molar-refractivity contribution in [2.45, 2.75) is 50.7 Å². The Morgan fingerprint density at radius 1 is 1.00 bits per heavy atom. The predicted octanol–water partition coefficient (Wildman–Crippen LogP) is 4.60. The fraction of sp³-hybridized carbons (Fsp3) is 0.391. The normalized spacial score (nSPS) is 13.4. The van der Waals surface area contributed by atoms with Crippen molar-refractivity contribution in [3.05, 3.63) is 63.1 Å². The van der Waals surface area contributed by atoms with Crippen molar-refractivity contribution in [3.8, 4) is 0 Å². The number of nitrogens with one attached hydrogen (secondary N) is 1. The van der Waals surface area contributed by atoms with E-state index in [4.69, 9.17) is 34.8 Å². The summed E-state index contributed by atoms with van der Waals surface area (Å²) in [6.45, 7) is 4.80. The maximum absolute atomic E-state index is 13.3. The van der Waals surface area contributed by atoms with Gasteiger partial charge in [-0.2, -0.15) is 4.31 Å². The molecule has 0 aromatic heterocycles. The van der Waals surface area contributed by atoms with Gasteiger partial charge in [-0.05, 0) is 56.7 Å². The van der Waals surface area contributed by atoms with E-state index in [9.17, 15) is 18.0 Å². The van der Waals surface area contributed by atoms with Gasteiger partial charge in [-0.25, -0.2) is 8.42 Å². The van der Waals surface area contributed by atoms with E-state index in [0.717, 1.165) is 4.31 Å². The number of carbonyl (C=O) groups excluding carboxylic acids is 2. The lowest BCUT2D eigenvalue weighted by atomic mass is 10.1. The van der Waals surface area contributed by atoms with Crippen LogP contribution in [0.4, 0.5) is 0 Å². The van der Waals surface area contributed by atoms with Crippen LogP contribution in [0.1, 0.15) is 32.8 Å². The average Bonchev–Trinajstić information content (AvgIpc) is 2.78. The lowest BCUT2D eigenvalue weighted by molar-refractivity contribution is -0.140. The van der Waals surface area contributed by atoms with Crippen LogP contribution in [0.2, 0.25) is 15.1 Å². The second-order valence-corrected chi connectivity index (χ2v) is 11.2. The van der Waals surface area contributed by atoms with Gasteiger partial charge in [-0.1, -0.05) is 47.8 Å². The maximum atomic E-state index is 13.3. The SMILES string of the molecule is CC[C@@H](C)NC(=O)[C@H](C)N(Cc1c(Cl)cccc1Cl)C(=O)CN(C)S(=O)(=O)c1ccc(Cl)cc1. The zero-order valence-corrected chi connectivity index (χ0v) is 22.5. The molecule has 34 heavy (non-hydrogen) atoms. The highest BCUT2D eigenvalue weighted by molar-refractivity contribution is 7.89.